The van der Waals surface area contributed by atoms with Gasteiger partial charge in [-0.05, 0) is 6.92 Å². The Kier molecular flexibility index (Phi) is 8.57. The van der Waals surface area contributed by atoms with Gasteiger partial charge in [0, 0.05) is 29.7 Å². The van der Waals surface area contributed by atoms with Gasteiger partial charge in [0.2, 0.25) is 5.91 Å². The molecule has 3 atom stereocenters. The van der Waals surface area contributed by atoms with Gasteiger partial charge in [0.15, 0.2) is 0 Å². The van der Waals surface area contributed by atoms with Crippen molar-refractivity contribution < 1.29 is 23.3 Å². The zero-order valence-corrected chi connectivity index (χ0v) is 12.0. The average molecular weight is 279 g/mol. The molecule has 0 aromatic heterocycles. The second-order valence-corrected chi connectivity index (χ2v) is 5.60. The van der Waals surface area contributed by atoms with Gasteiger partial charge in [0.1, 0.15) is 5.75 Å². The van der Waals surface area contributed by atoms with Crippen LogP contribution in [0.1, 0.15) is 13.8 Å². The summed E-state index contributed by atoms with van der Waals surface area (Å²) < 4.78 is 21.0. The summed E-state index contributed by atoms with van der Waals surface area (Å²) in [6.07, 6.45) is 0. The van der Waals surface area contributed by atoms with Crippen molar-refractivity contribution in [3.05, 3.63) is 0 Å². The number of nitrogens with one attached hydrogen (secondary N) is 1. The number of amides is 1. The molecule has 0 bridgehead atoms. The number of carbonyl (C=O) groups is 2. The summed E-state index contributed by atoms with van der Waals surface area (Å²) in [6.45, 7) is 3.81. The molecular weight excluding hydrogens is 258 g/mol. The van der Waals surface area contributed by atoms with Crippen molar-refractivity contribution in [3.8, 4) is 0 Å². The number of carbonyl (C=O) groups excluding carboxylic acids is 2. The third kappa shape index (κ3) is 7.39. The molecular formula is C11H21NO5S. The van der Waals surface area contributed by atoms with Crippen molar-refractivity contribution in [1.29, 1.82) is 0 Å². The Balaban J connectivity index is 4.01. The number of hydrogen-bond acceptors (Lipinski definition) is 5. The lowest BCUT2D eigenvalue weighted by Crippen LogP contribution is -2.39. The summed E-state index contributed by atoms with van der Waals surface area (Å²) in [5, 5.41) is 2.65. The largest absolute Gasteiger partial charge is 0.469 e. The highest BCUT2D eigenvalue weighted by atomic mass is 32.2. The SMILES string of the molecule is COCC(C)NC(=O)CS(=O)CC(C)C(=O)OC. The van der Waals surface area contributed by atoms with Crippen LogP contribution < -0.4 is 5.32 Å². The quantitative estimate of drug-likeness (QED) is 0.617. The third-order valence-electron chi connectivity index (χ3n) is 2.16. The molecule has 0 saturated carbocycles. The first-order valence-electron chi connectivity index (χ1n) is 5.61. The first kappa shape index (κ1) is 17.1. The maximum Gasteiger partial charge on any atom is 0.309 e. The van der Waals surface area contributed by atoms with E-state index in [1.54, 1.807) is 21.0 Å². The number of ether oxygens (including phenoxy) is 2. The third-order valence-corrected chi connectivity index (χ3v) is 3.61. The van der Waals surface area contributed by atoms with E-state index in [-0.39, 0.29) is 23.5 Å². The van der Waals surface area contributed by atoms with E-state index < -0.39 is 22.7 Å². The summed E-state index contributed by atoms with van der Waals surface area (Å²) in [4.78, 5) is 22.6. The van der Waals surface area contributed by atoms with Gasteiger partial charge >= 0.3 is 5.97 Å². The van der Waals surface area contributed by atoms with Crippen molar-refractivity contribution in [2.24, 2.45) is 5.92 Å². The van der Waals surface area contributed by atoms with E-state index in [2.05, 4.69) is 10.1 Å². The molecule has 3 unspecified atom stereocenters. The Bertz CT molecular complexity index is 308. The van der Waals surface area contributed by atoms with Crippen LogP contribution in [0.15, 0.2) is 0 Å². The van der Waals surface area contributed by atoms with Crippen molar-refractivity contribution in [1.82, 2.24) is 5.32 Å². The Morgan fingerprint density at radius 3 is 2.39 bits per heavy atom. The fourth-order valence-corrected chi connectivity index (χ4v) is 2.55. The molecule has 1 amide bonds. The molecule has 18 heavy (non-hydrogen) atoms. The molecule has 106 valence electrons. The van der Waals surface area contributed by atoms with Crippen LogP contribution >= 0.6 is 0 Å². The lowest BCUT2D eigenvalue weighted by atomic mass is 10.2. The predicted octanol–water partition coefficient (Wildman–Crippen LogP) is -0.305. The van der Waals surface area contributed by atoms with Gasteiger partial charge in [-0.3, -0.25) is 13.8 Å². The summed E-state index contributed by atoms with van der Waals surface area (Å²) in [7, 11) is 1.44. The number of esters is 1. The average Bonchev–Trinajstić information content (AvgIpc) is 2.27. The summed E-state index contributed by atoms with van der Waals surface area (Å²) in [6, 6.07) is -0.127. The molecule has 0 aliphatic rings. The fraction of sp³-hybridized carbons (Fsp3) is 0.818. The van der Waals surface area contributed by atoms with Gasteiger partial charge in [-0.25, -0.2) is 0 Å². The Hall–Kier alpha value is -0.950. The normalized spacial score (nSPS) is 15.6. The van der Waals surface area contributed by atoms with Crippen LogP contribution in [-0.4, -0.2) is 54.5 Å². The summed E-state index contributed by atoms with van der Waals surface area (Å²) >= 11 is 0. The molecule has 6 nitrogen and oxygen atoms in total. The highest BCUT2D eigenvalue weighted by molar-refractivity contribution is 7.85. The van der Waals surface area contributed by atoms with Crippen LogP contribution in [0.3, 0.4) is 0 Å². The Morgan fingerprint density at radius 2 is 1.89 bits per heavy atom. The zero-order valence-electron chi connectivity index (χ0n) is 11.2. The van der Waals surface area contributed by atoms with Crippen molar-refractivity contribution in [2.45, 2.75) is 19.9 Å². The van der Waals surface area contributed by atoms with Crippen LogP contribution in [0, 0.1) is 5.92 Å². The molecule has 0 aromatic carbocycles. The van der Waals surface area contributed by atoms with Crippen LogP contribution in [0.25, 0.3) is 0 Å². The van der Waals surface area contributed by atoms with Gasteiger partial charge in [-0.2, -0.15) is 0 Å². The highest BCUT2D eigenvalue weighted by Gasteiger charge is 2.18. The van der Waals surface area contributed by atoms with E-state index in [4.69, 9.17) is 4.74 Å². The van der Waals surface area contributed by atoms with Crippen LogP contribution in [0.2, 0.25) is 0 Å². The molecule has 7 heteroatoms. The first-order valence-corrected chi connectivity index (χ1v) is 7.10. The van der Waals surface area contributed by atoms with E-state index in [0.717, 1.165) is 0 Å². The van der Waals surface area contributed by atoms with E-state index in [9.17, 15) is 13.8 Å². The Morgan fingerprint density at radius 1 is 1.28 bits per heavy atom. The second kappa shape index (κ2) is 9.04. The van der Waals surface area contributed by atoms with Crippen molar-refractivity contribution >= 4 is 22.7 Å². The maximum absolute atomic E-state index is 11.6. The summed E-state index contributed by atoms with van der Waals surface area (Å²) in [5.74, 6) is -1.19. The predicted molar refractivity (Wildman–Crippen MR) is 68.5 cm³/mol. The van der Waals surface area contributed by atoms with Gasteiger partial charge in [0.25, 0.3) is 0 Å². The van der Waals surface area contributed by atoms with Crippen molar-refractivity contribution in [3.63, 3.8) is 0 Å². The topological polar surface area (TPSA) is 81.7 Å². The number of methoxy groups -OCH3 is 2. The van der Waals surface area contributed by atoms with Crippen molar-refractivity contribution in [2.75, 3.05) is 32.3 Å². The van der Waals surface area contributed by atoms with Crippen LogP contribution in [-0.2, 0) is 29.9 Å². The minimum atomic E-state index is -1.38. The lowest BCUT2D eigenvalue weighted by Gasteiger charge is -2.13. The Labute approximate surface area is 110 Å². The molecule has 0 fully saturated rings. The van der Waals surface area contributed by atoms with E-state index in [1.807, 2.05) is 0 Å². The molecule has 0 rings (SSSR count). The lowest BCUT2D eigenvalue weighted by molar-refractivity contribution is -0.144. The number of hydrogen-bond donors (Lipinski definition) is 1. The monoisotopic (exact) mass is 279 g/mol. The molecule has 0 saturated heterocycles. The van der Waals surface area contributed by atoms with E-state index >= 15 is 0 Å². The molecule has 0 radical (unpaired) electrons. The maximum atomic E-state index is 11.6. The number of rotatable bonds is 8. The molecule has 0 spiro atoms. The molecule has 0 aliphatic carbocycles. The van der Waals surface area contributed by atoms with Gasteiger partial charge < -0.3 is 14.8 Å². The molecule has 1 N–H and O–H groups in total. The second-order valence-electron chi connectivity index (χ2n) is 4.10. The zero-order chi connectivity index (χ0) is 14.1. The molecule has 0 heterocycles. The van der Waals surface area contributed by atoms with Crippen LogP contribution in [0.4, 0.5) is 0 Å². The molecule has 0 aromatic rings. The molecule has 0 aliphatic heterocycles. The highest BCUT2D eigenvalue weighted by Crippen LogP contribution is 2.01. The van der Waals surface area contributed by atoms with Gasteiger partial charge in [-0.1, -0.05) is 6.92 Å². The standard InChI is InChI=1S/C11H21NO5S/c1-8(11(14)17-4)6-18(15)7-10(13)12-9(2)5-16-3/h8-9H,5-7H2,1-4H3,(H,12,13). The minimum Gasteiger partial charge on any atom is -0.469 e. The minimum absolute atomic E-state index is 0.116. The fourth-order valence-electron chi connectivity index (χ4n) is 1.36. The first-order chi connectivity index (χ1) is 8.40. The smallest absolute Gasteiger partial charge is 0.309 e. The van der Waals surface area contributed by atoms with Gasteiger partial charge in [-0.15, -0.1) is 0 Å². The van der Waals surface area contributed by atoms with Crippen LogP contribution in [0.5, 0.6) is 0 Å². The van der Waals surface area contributed by atoms with E-state index in [0.29, 0.717) is 6.61 Å². The van der Waals surface area contributed by atoms with E-state index in [1.165, 1.54) is 7.11 Å². The van der Waals surface area contributed by atoms with Gasteiger partial charge in [0.05, 0.1) is 19.6 Å². The summed E-state index contributed by atoms with van der Waals surface area (Å²) in [5.41, 5.74) is 0.